The molecule has 0 saturated heterocycles. The number of nitrogens with one attached hydrogen (secondary N) is 1. The monoisotopic (exact) mass is 247 g/mol. The summed E-state index contributed by atoms with van der Waals surface area (Å²) in [5.74, 6) is 0.0224. The Balaban J connectivity index is 1.99. The fourth-order valence-corrected chi connectivity index (χ4v) is 2.20. The number of rotatable bonds is 4. The molecule has 0 radical (unpaired) electrons. The number of hydrogen-bond acceptors (Lipinski definition) is 3. The van der Waals surface area contributed by atoms with E-state index in [2.05, 4.69) is 22.2 Å². The minimum Gasteiger partial charge on any atom is -0.374 e. The highest BCUT2D eigenvalue weighted by Crippen LogP contribution is 2.27. The lowest BCUT2D eigenvalue weighted by molar-refractivity contribution is 0.0951. The van der Waals surface area contributed by atoms with E-state index in [0.29, 0.717) is 6.54 Å². The van der Waals surface area contributed by atoms with Crippen LogP contribution in [0.2, 0.25) is 0 Å². The second-order valence-electron chi connectivity index (χ2n) is 5.07. The van der Waals surface area contributed by atoms with Gasteiger partial charge in [-0.3, -0.25) is 4.79 Å². The second kappa shape index (κ2) is 5.40. The van der Waals surface area contributed by atoms with Gasteiger partial charge in [0.15, 0.2) is 0 Å². The standard InChI is InChI=1S/C14H21N3O/c1-16(2)9-7-15-14(18)12-4-5-13-11(10-12)6-8-17(13)3/h4-5,10H,6-9H2,1-3H3,(H,15,18). The van der Waals surface area contributed by atoms with E-state index < -0.39 is 0 Å². The highest BCUT2D eigenvalue weighted by atomic mass is 16.1. The van der Waals surface area contributed by atoms with Crippen molar-refractivity contribution >= 4 is 11.6 Å². The zero-order valence-corrected chi connectivity index (χ0v) is 11.4. The molecule has 0 spiro atoms. The topological polar surface area (TPSA) is 35.6 Å². The average molecular weight is 247 g/mol. The molecule has 0 aromatic heterocycles. The molecule has 4 heteroatoms. The molecule has 1 N–H and O–H groups in total. The maximum atomic E-state index is 12.0. The molecule has 4 nitrogen and oxygen atoms in total. The Morgan fingerprint density at radius 2 is 2.22 bits per heavy atom. The summed E-state index contributed by atoms with van der Waals surface area (Å²) in [4.78, 5) is 16.2. The molecule has 1 aromatic rings. The summed E-state index contributed by atoms with van der Waals surface area (Å²) in [6, 6.07) is 5.97. The zero-order chi connectivity index (χ0) is 13.1. The van der Waals surface area contributed by atoms with Gasteiger partial charge in [0.1, 0.15) is 0 Å². The molecule has 18 heavy (non-hydrogen) atoms. The van der Waals surface area contributed by atoms with Crippen molar-refractivity contribution < 1.29 is 4.79 Å². The van der Waals surface area contributed by atoms with E-state index in [-0.39, 0.29) is 5.91 Å². The second-order valence-corrected chi connectivity index (χ2v) is 5.07. The Kier molecular flexibility index (Phi) is 3.87. The first-order valence-corrected chi connectivity index (χ1v) is 6.35. The van der Waals surface area contributed by atoms with E-state index >= 15 is 0 Å². The average Bonchev–Trinajstić information content (AvgIpc) is 2.70. The van der Waals surface area contributed by atoms with Crippen LogP contribution in [0.3, 0.4) is 0 Å². The van der Waals surface area contributed by atoms with Gasteiger partial charge in [-0.2, -0.15) is 0 Å². The zero-order valence-electron chi connectivity index (χ0n) is 11.4. The molecular formula is C14H21N3O. The van der Waals surface area contributed by atoms with E-state index in [1.165, 1.54) is 11.3 Å². The van der Waals surface area contributed by atoms with E-state index in [0.717, 1.165) is 25.1 Å². The van der Waals surface area contributed by atoms with Crippen LogP contribution in [0, 0.1) is 0 Å². The lowest BCUT2D eigenvalue weighted by Gasteiger charge is -2.13. The minimum atomic E-state index is 0.0224. The van der Waals surface area contributed by atoms with Gasteiger partial charge in [0.2, 0.25) is 0 Å². The molecule has 2 rings (SSSR count). The normalized spacial score (nSPS) is 13.9. The summed E-state index contributed by atoms with van der Waals surface area (Å²) in [5, 5.41) is 2.94. The maximum absolute atomic E-state index is 12.0. The van der Waals surface area contributed by atoms with Crippen molar-refractivity contribution in [1.29, 1.82) is 0 Å². The first-order chi connectivity index (χ1) is 8.58. The molecule has 0 atom stereocenters. The number of likely N-dealkylation sites (N-methyl/N-ethyl adjacent to an activating group) is 2. The number of carbonyl (C=O) groups is 1. The SMILES string of the molecule is CN(C)CCNC(=O)c1ccc2c(c1)CCN2C. The van der Waals surface area contributed by atoms with Gasteiger partial charge in [-0.15, -0.1) is 0 Å². The van der Waals surface area contributed by atoms with Crippen LogP contribution in [0.4, 0.5) is 5.69 Å². The summed E-state index contributed by atoms with van der Waals surface area (Å²) in [7, 11) is 6.08. The first kappa shape index (κ1) is 12.9. The molecule has 0 fully saturated rings. The number of nitrogens with zero attached hydrogens (tertiary/aromatic N) is 2. The minimum absolute atomic E-state index is 0.0224. The number of carbonyl (C=O) groups excluding carboxylic acids is 1. The first-order valence-electron chi connectivity index (χ1n) is 6.35. The lowest BCUT2D eigenvalue weighted by atomic mass is 10.1. The van der Waals surface area contributed by atoms with E-state index in [4.69, 9.17) is 0 Å². The van der Waals surface area contributed by atoms with Crippen LogP contribution in [-0.4, -0.2) is 51.6 Å². The van der Waals surface area contributed by atoms with Gasteiger partial charge in [0.25, 0.3) is 5.91 Å². The quantitative estimate of drug-likeness (QED) is 0.861. The van der Waals surface area contributed by atoms with Gasteiger partial charge < -0.3 is 15.1 Å². The Morgan fingerprint density at radius 1 is 1.44 bits per heavy atom. The molecule has 0 unspecified atom stereocenters. The molecule has 0 saturated carbocycles. The summed E-state index contributed by atoms with van der Waals surface area (Å²) in [5.41, 5.74) is 3.29. The Bertz CT molecular complexity index is 443. The predicted octanol–water partition coefficient (Wildman–Crippen LogP) is 0.970. The fraction of sp³-hybridized carbons (Fsp3) is 0.500. The third kappa shape index (κ3) is 2.82. The van der Waals surface area contributed by atoms with Gasteiger partial charge >= 0.3 is 0 Å². The van der Waals surface area contributed by atoms with Crippen molar-refractivity contribution in [2.24, 2.45) is 0 Å². The highest BCUT2D eigenvalue weighted by Gasteiger charge is 2.17. The molecule has 1 aliphatic rings. The van der Waals surface area contributed by atoms with Crippen LogP contribution < -0.4 is 10.2 Å². The molecule has 0 aliphatic carbocycles. The van der Waals surface area contributed by atoms with Crippen LogP contribution >= 0.6 is 0 Å². The van der Waals surface area contributed by atoms with Gasteiger partial charge in [0, 0.05) is 37.9 Å². The molecule has 1 heterocycles. The fourth-order valence-electron chi connectivity index (χ4n) is 2.20. The highest BCUT2D eigenvalue weighted by molar-refractivity contribution is 5.95. The van der Waals surface area contributed by atoms with Crippen molar-refractivity contribution in [3.63, 3.8) is 0 Å². The molecule has 0 bridgehead atoms. The van der Waals surface area contributed by atoms with Crippen molar-refractivity contribution in [2.45, 2.75) is 6.42 Å². The number of fused-ring (bicyclic) bond motifs is 1. The number of anilines is 1. The van der Waals surface area contributed by atoms with E-state index in [1.807, 2.05) is 32.3 Å². The third-order valence-corrected chi connectivity index (χ3v) is 3.31. The van der Waals surface area contributed by atoms with Crippen molar-refractivity contribution in [2.75, 3.05) is 45.7 Å². The Hall–Kier alpha value is -1.55. The van der Waals surface area contributed by atoms with E-state index in [9.17, 15) is 4.79 Å². The van der Waals surface area contributed by atoms with Crippen LogP contribution in [-0.2, 0) is 6.42 Å². The molecule has 1 aromatic carbocycles. The summed E-state index contributed by atoms with van der Waals surface area (Å²) < 4.78 is 0. The summed E-state index contributed by atoms with van der Waals surface area (Å²) in [6.45, 7) is 2.59. The molecular weight excluding hydrogens is 226 g/mol. The van der Waals surface area contributed by atoms with Crippen molar-refractivity contribution in [3.8, 4) is 0 Å². The number of hydrogen-bond donors (Lipinski definition) is 1. The van der Waals surface area contributed by atoms with Crippen molar-refractivity contribution in [3.05, 3.63) is 29.3 Å². The third-order valence-electron chi connectivity index (χ3n) is 3.31. The van der Waals surface area contributed by atoms with Crippen LogP contribution in [0.5, 0.6) is 0 Å². The molecule has 98 valence electrons. The summed E-state index contributed by atoms with van der Waals surface area (Å²) in [6.07, 6.45) is 1.03. The number of amides is 1. The predicted molar refractivity (Wildman–Crippen MR) is 74.3 cm³/mol. The number of benzene rings is 1. The Labute approximate surface area is 109 Å². The van der Waals surface area contributed by atoms with E-state index in [1.54, 1.807) is 0 Å². The molecule has 1 amide bonds. The lowest BCUT2D eigenvalue weighted by Crippen LogP contribution is -2.31. The Morgan fingerprint density at radius 3 is 2.94 bits per heavy atom. The van der Waals surface area contributed by atoms with Crippen LogP contribution in [0.25, 0.3) is 0 Å². The van der Waals surface area contributed by atoms with Gasteiger partial charge in [-0.05, 0) is 44.3 Å². The molecule has 1 aliphatic heterocycles. The largest absolute Gasteiger partial charge is 0.374 e. The summed E-state index contributed by atoms with van der Waals surface area (Å²) >= 11 is 0. The van der Waals surface area contributed by atoms with Gasteiger partial charge in [0.05, 0.1) is 0 Å². The van der Waals surface area contributed by atoms with Gasteiger partial charge in [-0.1, -0.05) is 0 Å². The smallest absolute Gasteiger partial charge is 0.251 e. The van der Waals surface area contributed by atoms with Crippen LogP contribution in [0.15, 0.2) is 18.2 Å². The maximum Gasteiger partial charge on any atom is 0.251 e. The van der Waals surface area contributed by atoms with Gasteiger partial charge in [-0.25, -0.2) is 0 Å². The van der Waals surface area contributed by atoms with Crippen LogP contribution in [0.1, 0.15) is 15.9 Å². The van der Waals surface area contributed by atoms with Crippen molar-refractivity contribution in [1.82, 2.24) is 10.2 Å².